The zero-order valence-corrected chi connectivity index (χ0v) is 16.6. The van der Waals surface area contributed by atoms with E-state index in [-0.39, 0.29) is 10.8 Å². The molecular weight excluding hydrogens is 368 g/mol. The molecule has 0 atom stereocenters. The Morgan fingerprint density at radius 2 is 1.69 bits per heavy atom. The molecule has 0 fully saturated rings. The molecule has 0 bridgehead atoms. The molecule has 0 saturated heterocycles. The topological polar surface area (TPSA) is 89.3 Å². The molecule has 2 rings (SSSR count). The van der Waals surface area contributed by atoms with Gasteiger partial charge in [-0.25, -0.2) is 13.6 Å². The summed E-state index contributed by atoms with van der Waals surface area (Å²) in [5.41, 5.74) is 2.22. The highest BCUT2D eigenvalue weighted by Crippen LogP contribution is 2.21. The van der Waals surface area contributed by atoms with Crippen LogP contribution in [0.25, 0.3) is 0 Å². The van der Waals surface area contributed by atoms with Crippen molar-refractivity contribution in [3.05, 3.63) is 59.7 Å². The van der Waals surface area contributed by atoms with E-state index in [4.69, 9.17) is 5.14 Å². The van der Waals surface area contributed by atoms with E-state index in [0.717, 1.165) is 10.5 Å². The van der Waals surface area contributed by atoms with Crippen LogP contribution in [0.15, 0.2) is 58.3 Å². The summed E-state index contributed by atoms with van der Waals surface area (Å²) in [7, 11) is -3.67. The van der Waals surface area contributed by atoms with Crippen molar-refractivity contribution >= 4 is 27.7 Å². The monoisotopic (exact) mass is 392 g/mol. The van der Waals surface area contributed by atoms with Crippen LogP contribution in [-0.4, -0.2) is 26.6 Å². The molecule has 0 saturated carbocycles. The average molecular weight is 393 g/mol. The van der Waals surface area contributed by atoms with Crippen molar-refractivity contribution in [3.8, 4) is 0 Å². The van der Waals surface area contributed by atoms with Gasteiger partial charge in [0.05, 0.1) is 10.6 Å². The summed E-state index contributed by atoms with van der Waals surface area (Å²) >= 11 is 1.51. The first-order chi connectivity index (χ1) is 12.3. The summed E-state index contributed by atoms with van der Waals surface area (Å²) in [6.07, 6.45) is 0.629. The second-order valence-corrected chi connectivity index (χ2v) is 8.91. The van der Waals surface area contributed by atoms with Gasteiger partial charge in [0, 0.05) is 11.4 Å². The number of hydrogen-bond acceptors (Lipinski definition) is 4. The minimum absolute atomic E-state index is 0.0240. The lowest BCUT2D eigenvalue weighted by molar-refractivity contribution is -0.118. The summed E-state index contributed by atoms with van der Waals surface area (Å²) in [5, 5.41) is 7.94. The molecule has 3 N–H and O–H groups in total. The van der Waals surface area contributed by atoms with E-state index in [0.29, 0.717) is 24.6 Å². The highest BCUT2D eigenvalue weighted by atomic mass is 32.2. The molecular formula is C19H24N2O3S2. The van der Waals surface area contributed by atoms with Crippen molar-refractivity contribution in [1.29, 1.82) is 0 Å². The van der Waals surface area contributed by atoms with Crippen molar-refractivity contribution in [2.75, 3.05) is 12.3 Å². The van der Waals surface area contributed by atoms with Crippen LogP contribution in [0.4, 0.5) is 0 Å². The number of nitrogens with two attached hydrogens (primary N) is 1. The van der Waals surface area contributed by atoms with Gasteiger partial charge in [-0.2, -0.15) is 0 Å². The van der Waals surface area contributed by atoms with Crippen LogP contribution in [-0.2, 0) is 21.2 Å². The number of rotatable bonds is 8. The molecule has 0 aromatic heterocycles. The Labute approximate surface area is 159 Å². The third-order valence-corrected chi connectivity index (χ3v) is 5.85. The minimum atomic E-state index is -3.67. The minimum Gasteiger partial charge on any atom is -0.355 e. The molecule has 5 nitrogen and oxygen atoms in total. The molecule has 0 aliphatic carbocycles. The molecule has 0 radical (unpaired) electrons. The quantitative estimate of drug-likeness (QED) is 0.676. The predicted octanol–water partition coefficient (Wildman–Crippen LogP) is 2.91. The molecule has 26 heavy (non-hydrogen) atoms. The first-order valence-electron chi connectivity index (χ1n) is 8.37. The zero-order chi connectivity index (χ0) is 19.2. The standard InChI is InChI=1S/C19H24N2O3S2/c1-14(2)16-5-7-17(8-6-16)25-13-19(22)21-12-11-15-3-9-18(10-4-15)26(20,23)24/h3-10,14H,11-13H2,1-2H3,(H,21,22)(H2,20,23,24). The van der Waals surface area contributed by atoms with Gasteiger partial charge >= 0.3 is 0 Å². The summed E-state index contributed by atoms with van der Waals surface area (Å²) in [6.45, 7) is 4.80. The van der Waals surface area contributed by atoms with Crippen LogP contribution in [0.5, 0.6) is 0 Å². The second-order valence-electron chi connectivity index (χ2n) is 6.30. The lowest BCUT2D eigenvalue weighted by Gasteiger charge is -2.08. The molecule has 0 aliphatic heterocycles. The van der Waals surface area contributed by atoms with Crippen LogP contribution in [0.3, 0.4) is 0 Å². The Balaban J connectivity index is 1.73. The molecule has 1 amide bonds. The first-order valence-corrected chi connectivity index (χ1v) is 10.9. The van der Waals surface area contributed by atoms with Gasteiger partial charge in [0.25, 0.3) is 0 Å². The molecule has 2 aromatic rings. The van der Waals surface area contributed by atoms with Crippen LogP contribution in [0, 0.1) is 0 Å². The normalized spacial score (nSPS) is 11.5. The fraction of sp³-hybridized carbons (Fsp3) is 0.316. The van der Waals surface area contributed by atoms with Gasteiger partial charge in [0.2, 0.25) is 15.9 Å². The maximum absolute atomic E-state index is 11.9. The summed E-state index contributed by atoms with van der Waals surface area (Å²) in [4.78, 5) is 13.1. The highest BCUT2D eigenvalue weighted by Gasteiger charge is 2.07. The Morgan fingerprint density at radius 3 is 2.23 bits per heavy atom. The van der Waals surface area contributed by atoms with Gasteiger partial charge in [-0.15, -0.1) is 11.8 Å². The zero-order valence-electron chi connectivity index (χ0n) is 14.9. The van der Waals surface area contributed by atoms with E-state index in [9.17, 15) is 13.2 Å². The number of primary sulfonamides is 1. The van der Waals surface area contributed by atoms with Crippen molar-refractivity contribution in [3.63, 3.8) is 0 Å². The van der Waals surface area contributed by atoms with Crippen LogP contribution in [0.2, 0.25) is 0 Å². The van der Waals surface area contributed by atoms with Crippen molar-refractivity contribution in [2.45, 2.75) is 36.0 Å². The third kappa shape index (κ3) is 6.48. The number of hydrogen-bond donors (Lipinski definition) is 2. The predicted molar refractivity (Wildman–Crippen MR) is 106 cm³/mol. The van der Waals surface area contributed by atoms with Gasteiger partial charge < -0.3 is 5.32 Å². The average Bonchev–Trinajstić information content (AvgIpc) is 2.60. The fourth-order valence-corrected chi connectivity index (χ4v) is 3.58. The smallest absolute Gasteiger partial charge is 0.238 e. The van der Waals surface area contributed by atoms with E-state index in [1.54, 1.807) is 12.1 Å². The summed E-state index contributed by atoms with van der Waals surface area (Å²) in [6, 6.07) is 14.6. The van der Waals surface area contributed by atoms with Crippen molar-refractivity contribution in [1.82, 2.24) is 5.32 Å². The van der Waals surface area contributed by atoms with E-state index in [2.05, 4.69) is 31.3 Å². The number of thioether (sulfide) groups is 1. The first kappa shape index (κ1) is 20.5. The van der Waals surface area contributed by atoms with Crippen molar-refractivity contribution < 1.29 is 13.2 Å². The second kappa shape index (κ2) is 9.21. The summed E-state index contributed by atoms with van der Waals surface area (Å²) in [5.74, 6) is 0.839. The molecule has 7 heteroatoms. The largest absolute Gasteiger partial charge is 0.355 e. The number of carbonyl (C=O) groups is 1. The van der Waals surface area contributed by atoms with Crippen molar-refractivity contribution in [2.24, 2.45) is 5.14 Å². The molecule has 0 unspecified atom stereocenters. The van der Waals surface area contributed by atoms with Crippen LogP contribution in [0.1, 0.15) is 30.9 Å². The van der Waals surface area contributed by atoms with Gasteiger partial charge in [-0.05, 0) is 47.7 Å². The van der Waals surface area contributed by atoms with Crippen LogP contribution < -0.4 is 10.5 Å². The number of benzene rings is 2. The molecule has 0 spiro atoms. The lowest BCUT2D eigenvalue weighted by atomic mass is 10.0. The maximum Gasteiger partial charge on any atom is 0.238 e. The Morgan fingerprint density at radius 1 is 1.08 bits per heavy atom. The number of carbonyl (C=O) groups excluding carboxylic acids is 1. The maximum atomic E-state index is 11.9. The molecule has 0 heterocycles. The highest BCUT2D eigenvalue weighted by molar-refractivity contribution is 8.00. The van der Waals surface area contributed by atoms with E-state index in [1.807, 2.05) is 12.1 Å². The SMILES string of the molecule is CC(C)c1ccc(SCC(=O)NCCc2ccc(S(N)(=O)=O)cc2)cc1. The van der Waals surface area contributed by atoms with Gasteiger partial charge in [0.1, 0.15) is 0 Å². The Kier molecular flexibility index (Phi) is 7.25. The number of amides is 1. The lowest BCUT2D eigenvalue weighted by Crippen LogP contribution is -2.27. The van der Waals surface area contributed by atoms with Gasteiger partial charge in [-0.3, -0.25) is 4.79 Å². The Bertz CT molecular complexity index is 830. The number of nitrogens with one attached hydrogen (secondary N) is 1. The number of sulfonamides is 1. The van der Waals surface area contributed by atoms with Crippen LogP contribution >= 0.6 is 11.8 Å². The fourth-order valence-electron chi connectivity index (χ4n) is 2.34. The summed E-state index contributed by atoms with van der Waals surface area (Å²) < 4.78 is 22.4. The molecule has 2 aromatic carbocycles. The van der Waals surface area contributed by atoms with Gasteiger partial charge in [-0.1, -0.05) is 38.1 Å². The Hall–Kier alpha value is -1.83. The van der Waals surface area contributed by atoms with E-state index < -0.39 is 10.0 Å². The van der Waals surface area contributed by atoms with E-state index in [1.165, 1.54) is 29.5 Å². The third-order valence-electron chi connectivity index (χ3n) is 3.90. The molecule has 140 valence electrons. The van der Waals surface area contributed by atoms with Gasteiger partial charge in [0.15, 0.2) is 0 Å². The van der Waals surface area contributed by atoms with E-state index >= 15 is 0 Å². The molecule has 0 aliphatic rings.